The number of hydrogen-bond acceptors (Lipinski definition) is 4. The van der Waals surface area contributed by atoms with Crippen LogP contribution in [0.4, 0.5) is 48.3 Å². The van der Waals surface area contributed by atoms with E-state index in [1.807, 2.05) is 0 Å². The molecule has 2 rings (SSSR count). The predicted molar refractivity (Wildman–Crippen MR) is 75.7 cm³/mol. The molecule has 0 bridgehead atoms. The lowest BCUT2D eigenvalue weighted by atomic mass is 9.97. The van der Waals surface area contributed by atoms with Crippen LogP contribution in [-0.2, 0) is 0 Å². The van der Waals surface area contributed by atoms with Crippen LogP contribution < -0.4 is 5.32 Å². The molecule has 0 aliphatic carbocycles. The molecule has 0 aromatic carbocycles. The second-order valence-electron chi connectivity index (χ2n) is 5.19. The second-order valence-corrected chi connectivity index (χ2v) is 6.19. The Labute approximate surface area is 156 Å². The van der Waals surface area contributed by atoms with Gasteiger partial charge in [-0.05, 0) is 6.07 Å². The molecule has 29 heavy (non-hydrogen) atoms. The fraction of sp³-hybridized carbons (Fsp3) is 0.308. The number of allylic oxidation sites excluding steroid dienone is 1. The van der Waals surface area contributed by atoms with Gasteiger partial charge >= 0.3 is 18.5 Å². The maximum absolute atomic E-state index is 13.5. The minimum absolute atomic E-state index is 0.434. The van der Waals surface area contributed by atoms with Crippen LogP contribution in [0.2, 0.25) is 0 Å². The number of carbonyl (C=O) groups is 1. The highest BCUT2D eigenvalue weighted by molar-refractivity contribution is 8.17. The molecule has 0 atom stereocenters. The molecule has 4 nitrogen and oxygen atoms in total. The van der Waals surface area contributed by atoms with Gasteiger partial charge < -0.3 is 5.32 Å². The third-order valence-corrected chi connectivity index (χ3v) is 4.34. The first-order valence-corrected chi connectivity index (χ1v) is 7.64. The van der Waals surface area contributed by atoms with Crippen LogP contribution in [0, 0.1) is 5.95 Å². The summed E-state index contributed by atoms with van der Waals surface area (Å²) >= 11 is -1.01. The smallest absolute Gasteiger partial charge is 0.301 e. The third kappa shape index (κ3) is 4.16. The number of rotatable bonds is 1. The van der Waals surface area contributed by atoms with E-state index in [-0.39, 0.29) is 0 Å². The van der Waals surface area contributed by atoms with E-state index in [1.54, 1.807) is 0 Å². The number of amidine groups is 1. The van der Waals surface area contributed by atoms with Crippen molar-refractivity contribution in [3.8, 4) is 0 Å². The minimum atomic E-state index is -6.55. The number of nitrogens with zero attached hydrogens (tertiary/aromatic N) is 2. The van der Waals surface area contributed by atoms with Gasteiger partial charge in [0, 0.05) is 17.8 Å². The summed E-state index contributed by atoms with van der Waals surface area (Å²) in [5, 5.41) is -0.259. The quantitative estimate of drug-likeness (QED) is 0.491. The Balaban J connectivity index is 2.61. The van der Waals surface area contributed by atoms with Crippen molar-refractivity contribution in [3.63, 3.8) is 0 Å². The number of aromatic nitrogens is 1. The van der Waals surface area contributed by atoms with Crippen LogP contribution in [0.3, 0.4) is 0 Å². The predicted octanol–water partition coefficient (Wildman–Crippen LogP) is 4.66. The topological polar surface area (TPSA) is 54.4 Å². The Kier molecular flexibility index (Phi) is 5.64. The number of carbonyl (C=O) groups excluding carboxylic acids is 1. The van der Waals surface area contributed by atoms with Crippen LogP contribution in [0.1, 0.15) is 10.4 Å². The van der Waals surface area contributed by atoms with Gasteiger partial charge in [-0.25, -0.2) is 14.4 Å². The van der Waals surface area contributed by atoms with Gasteiger partial charge in [0.1, 0.15) is 0 Å². The Morgan fingerprint density at radius 3 is 2.03 bits per heavy atom. The summed E-state index contributed by atoms with van der Waals surface area (Å²) in [4.78, 5) is 14.2. The maximum Gasteiger partial charge on any atom is 0.443 e. The van der Waals surface area contributed by atoms with Gasteiger partial charge in [-0.15, -0.1) is 0 Å². The van der Waals surface area contributed by atoms with Crippen LogP contribution >= 0.6 is 11.8 Å². The number of aliphatic imine (C=N–C) groups is 1. The number of amides is 1. The first-order chi connectivity index (χ1) is 13.0. The van der Waals surface area contributed by atoms with Crippen molar-refractivity contribution in [3.05, 3.63) is 40.6 Å². The molecule has 1 aromatic rings. The minimum Gasteiger partial charge on any atom is -0.301 e. The Morgan fingerprint density at radius 1 is 1.03 bits per heavy atom. The van der Waals surface area contributed by atoms with Crippen LogP contribution in [0.25, 0.3) is 0 Å². The number of hydrogen-bond donors (Lipinski definition) is 1. The van der Waals surface area contributed by atoms with E-state index in [2.05, 4.69) is 9.98 Å². The molecule has 1 amide bonds. The van der Waals surface area contributed by atoms with Crippen molar-refractivity contribution in [2.75, 3.05) is 0 Å². The van der Waals surface area contributed by atoms with E-state index in [4.69, 9.17) is 0 Å². The molecule has 0 fully saturated rings. The van der Waals surface area contributed by atoms with Crippen molar-refractivity contribution < 1.29 is 53.1 Å². The van der Waals surface area contributed by atoms with Crippen LogP contribution in [-0.4, -0.2) is 40.1 Å². The van der Waals surface area contributed by atoms with Gasteiger partial charge in [-0.2, -0.15) is 43.9 Å². The zero-order valence-electron chi connectivity index (χ0n) is 13.1. The molecule has 0 spiro atoms. The average molecular weight is 459 g/mol. The average Bonchev–Trinajstić information content (AvgIpc) is 2.93. The Hall–Kier alpha value is -2.39. The molecule has 0 saturated carbocycles. The zero-order valence-corrected chi connectivity index (χ0v) is 13.9. The van der Waals surface area contributed by atoms with Crippen LogP contribution in [0.5, 0.6) is 0 Å². The van der Waals surface area contributed by atoms with Gasteiger partial charge in [0.05, 0.1) is 4.91 Å². The summed E-state index contributed by atoms with van der Waals surface area (Å²) in [6.45, 7) is 0. The fourth-order valence-electron chi connectivity index (χ4n) is 2.04. The van der Waals surface area contributed by atoms with Crippen molar-refractivity contribution in [2.24, 2.45) is 4.99 Å². The second kappa shape index (κ2) is 7.14. The van der Waals surface area contributed by atoms with E-state index in [0.29, 0.717) is 6.07 Å². The SMILES string of the molecule is O=C(NC1=NC(C(F)(F)F)(C(F)(F)F)C(=C(F)C(F)(F)F)S1)c1ccnc(F)c1. The van der Waals surface area contributed by atoms with E-state index >= 15 is 0 Å². The zero-order chi connectivity index (χ0) is 22.4. The van der Waals surface area contributed by atoms with E-state index in [9.17, 15) is 53.1 Å². The van der Waals surface area contributed by atoms with Gasteiger partial charge in [0.2, 0.25) is 11.8 Å². The van der Waals surface area contributed by atoms with Crippen LogP contribution in [0.15, 0.2) is 34.1 Å². The van der Waals surface area contributed by atoms with Gasteiger partial charge in [0.15, 0.2) is 5.17 Å². The van der Waals surface area contributed by atoms with Crippen molar-refractivity contribution in [1.29, 1.82) is 0 Å². The number of alkyl halides is 9. The Bertz CT molecular complexity index is 871. The number of nitrogens with one attached hydrogen (secondary N) is 1. The normalized spacial score (nSPS) is 19.1. The molecular weight excluding hydrogens is 455 g/mol. The summed E-state index contributed by atoms with van der Waals surface area (Å²) in [7, 11) is 0. The lowest BCUT2D eigenvalue weighted by Gasteiger charge is -2.31. The molecule has 0 radical (unpaired) electrons. The number of pyridine rings is 1. The van der Waals surface area contributed by atoms with Crippen molar-refractivity contribution in [1.82, 2.24) is 10.3 Å². The summed E-state index contributed by atoms with van der Waals surface area (Å²) in [6, 6.07) is 1.23. The van der Waals surface area contributed by atoms with Crippen molar-refractivity contribution in [2.45, 2.75) is 24.1 Å². The van der Waals surface area contributed by atoms with E-state index in [1.165, 1.54) is 5.32 Å². The molecule has 160 valence electrons. The standard InChI is InChI=1S/C13H4F11N3OS/c14-5-3-4(1-2-25-5)8(28)26-9-27-10(12(19,20)21,13(22,23)24)7(29-9)6(15)11(16,17)18/h1-3H,(H,26,27,28). The fourth-order valence-corrected chi connectivity index (χ4v) is 3.19. The molecule has 0 saturated heterocycles. The lowest BCUT2D eigenvalue weighted by molar-refractivity contribution is -0.280. The Morgan fingerprint density at radius 2 is 1.59 bits per heavy atom. The first kappa shape index (κ1) is 22.9. The van der Waals surface area contributed by atoms with Crippen molar-refractivity contribution >= 4 is 22.8 Å². The van der Waals surface area contributed by atoms with Gasteiger partial charge in [-0.1, -0.05) is 11.8 Å². The molecule has 16 heteroatoms. The summed E-state index contributed by atoms with van der Waals surface area (Å²) < 4.78 is 143. The summed E-state index contributed by atoms with van der Waals surface area (Å²) in [5.41, 5.74) is -6.25. The van der Waals surface area contributed by atoms with E-state index < -0.39 is 69.1 Å². The molecule has 2 heterocycles. The van der Waals surface area contributed by atoms with Gasteiger partial charge in [-0.3, -0.25) is 4.79 Å². The number of thioether (sulfide) groups is 1. The first-order valence-electron chi connectivity index (χ1n) is 6.82. The maximum atomic E-state index is 13.5. The highest BCUT2D eigenvalue weighted by Gasteiger charge is 2.77. The summed E-state index contributed by atoms with van der Waals surface area (Å²) in [5.74, 6) is -6.45. The molecule has 0 unspecified atom stereocenters. The summed E-state index contributed by atoms with van der Waals surface area (Å²) in [6.07, 6.45) is -18.6. The largest absolute Gasteiger partial charge is 0.443 e. The lowest BCUT2D eigenvalue weighted by Crippen LogP contribution is -2.55. The van der Waals surface area contributed by atoms with E-state index in [0.717, 1.165) is 12.3 Å². The molecule has 1 aliphatic heterocycles. The monoisotopic (exact) mass is 459 g/mol. The number of halogens is 11. The highest BCUT2D eigenvalue weighted by Crippen LogP contribution is 2.59. The molecule has 1 N–H and O–H groups in total. The molecular formula is C13H4F11N3OS. The third-order valence-electron chi connectivity index (χ3n) is 3.27. The molecule has 1 aliphatic rings. The highest BCUT2D eigenvalue weighted by atomic mass is 32.2. The molecule has 1 aromatic heterocycles. The van der Waals surface area contributed by atoms with Gasteiger partial charge in [0.25, 0.3) is 11.4 Å².